The number of carboxylic acids is 1. The molecule has 0 radical (unpaired) electrons. The number of nitrogens with two attached hydrogens (primary N) is 1. The largest absolute Gasteiger partial charge is 0.481 e. The summed E-state index contributed by atoms with van der Waals surface area (Å²) in [7, 11) is 0. The quantitative estimate of drug-likeness (QED) is 0.672. The summed E-state index contributed by atoms with van der Waals surface area (Å²) < 4.78 is 0. The summed E-state index contributed by atoms with van der Waals surface area (Å²) in [6.45, 7) is 0. The van der Waals surface area contributed by atoms with Crippen molar-refractivity contribution in [2.45, 2.75) is 18.9 Å². The third kappa shape index (κ3) is 4.05. The van der Waals surface area contributed by atoms with E-state index >= 15 is 0 Å². The average molecular weight is 229 g/mol. The van der Waals surface area contributed by atoms with Gasteiger partial charge in [-0.3, -0.25) is 9.59 Å². The van der Waals surface area contributed by atoms with Crippen molar-refractivity contribution in [2.75, 3.05) is 5.32 Å². The number of carboxylic acid groups (broad SMARTS) is 1. The molecule has 0 aliphatic heterocycles. The predicted octanol–water partition coefficient (Wildman–Crippen LogP) is 0.274. The van der Waals surface area contributed by atoms with Crippen molar-refractivity contribution in [1.29, 1.82) is 0 Å². The van der Waals surface area contributed by atoms with E-state index < -0.39 is 17.9 Å². The normalized spacial score (nSPS) is 12.1. The number of nitrogens with one attached hydrogen (secondary N) is 1. The zero-order chi connectivity index (χ0) is 11.3. The van der Waals surface area contributed by atoms with Crippen LogP contribution in [0.3, 0.4) is 0 Å². The predicted molar refractivity (Wildman–Crippen MR) is 55.6 cm³/mol. The number of nitrogens with zero attached hydrogens (tertiary/aromatic N) is 1. The molecule has 1 atom stereocenters. The number of thiazole rings is 1. The fraction of sp³-hybridized carbons (Fsp3) is 0.375. The van der Waals surface area contributed by atoms with E-state index in [1.165, 1.54) is 11.3 Å². The van der Waals surface area contributed by atoms with Gasteiger partial charge in [-0.25, -0.2) is 4.98 Å². The molecule has 0 aliphatic rings. The summed E-state index contributed by atoms with van der Waals surface area (Å²) in [5.74, 6) is -1.38. The van der Waals surface area contributed by atoms with Crippen LogP contribution in [0.4, 0.5) is 5.13 Å². The molecular formula is C8H11N3O3S. The highest BCUT2D eigenvalue weighted by atomic mass is 32.1. The van der Waals surface area contributed by atoms with Crippen LogP contribution in [0.1, 0.15) is 12.8 Å². The van der Waals surface area contributed by atoms with E-state index in [-0.39, 0.29) is 12.8 Å². The molecule has 0 fully saturated rings. The van der Waals surface area contributed by atoms with Crippen molar-refractivity contribution < 1.29 is 14.7 Å². The van der Waals surface area contributed by atoms with E-state index in [4.69, 9.17) is 10.8 Å². The van der Waals surface area contributed by atoms with Gasteiger partial charge in [0.2, 0.25) is 5.91 Å². The lowest BCUT2D eigenvalue weighted by atomic mass is 10.1. The molecule has 1 aromatic rings. The number of amides is 1. The Balaban J connectivity index is 2.36. The fourth-order valence-electron chi connectivity index (χ4n) is 0.893. The van der Waals surface area contributed by atoms with Gasteiger partial charge in [-0.1, -0.05) is 0 Å². The lowest BCUT2D eigenvalue weighted by Crippen LogP contribution is -2.35. The minimum Gasteiger partial charge on any atom is -0.481 e. The Bertz CT molecular complexity index is 339. The third-order valence-corrected chi connectivity index (χ3v) is 2.36. The smallest absolute Gasteiger partial charge is 0.303 e. The van der Waals surface area contributed by atoms with Crippen LogP contribution in [0.25, 0.3) is 0 Å². The van der Waals surface area contributed by atoms with E-state index in [9.17, 15) is 9.59 Å². The molecule has 4 N–H and O–H groups in total. The average Bonchev–Trinajstić information content (AvgIpc) is 2.66. The first-order chi connectivity index (χ1) is 7.09. The number of carbonyl (C=O) groups is 2. The second-order valence-electron chi connectivity index (χ2n) is 2.87. The summed E-state index contributed by atoms with van der Waals surface area (Å²) >= 11 is 1.28. The summed E-state index contributed by atoms with van der Waals surface area (Å²) in [5, 5.41) is 13.1. The second-order valence-corrected chi connectivity index (χ2v) is 3.76. The molecule has 7 heteroatoms. The van der Waals surface area contributed by atoms with Gasteiger partial charge in [0, 0.05) is 18.0 Å². The first-order valence-electron chi connectivity index (χ1n) is 4.27. The Labute approximate surface area is 90.1 Å². The molecule has 15 heavy (non-hydrogen) atoms. The number of anilines is 1. The van der Waals surface area contributed by atoms with Crippen LogP contribution in [0.15, 0.2) is 11.6 Å². The first kappa shape index (κ1) is 11.6. The molecule has 1 rings (SSSR count). The van der Waals surface area contributed by atoms with Gasteiger partial charge in [0.15, 0.2) is 5.13 Å². The highest BCUT2D eigenvalue weighted by Gasteiger charge is 2.15. The molecule has 0 bridgehead atoms. The number of hydrogen-bond acceptors (Lipinski definition) is 5. The Kier molecular flexibility index (Phi) is 4.19. The van der Waals surface area contributed by atoms with Gasteiger partial charge in [0.05, 0.1) is 6.04 Å². The van der Waals surface area contributed by atoms with Crippen LogP contribution in [-0.2, 0) is 9.59 Å². The van der Waals surface area contributed by atoms with Crippen molar-refractivity contribution in [3.05, 3.63) is 11.6 Å². The van der Waals surface area contributed by atoms with Gasteiger partial charge < -0.3 is 16.2 Å². The molecule has 1 unspecified atom stereocenters. The highest BCUT2D eigenvalue weighted by molar-refractivity contribution is 7.13. The molecule has 1 aromatic heterocycles. The third-order valence-electron chi connectivity index (χ3n) is 1.67. The number of aromatic nitrogens is 1. The van der Waals surface area contributed by atoms with Crippen LogP contribution < -0.4 is 11.1 Å². The SMILES string of the molecule is NC(CCC(=O)O)C(=O)Nc1nccs1. The topological polar surface area (TPSA) is 105 Å². The van der Waals surface area contributed by atoms with Crippen LogP contribution in [0.5, 0.6) is 0 Å². The van der Waals surface area contributed by atoms with Crippen LogP contribution >= 0.6 is 11.3 Å². The van der Waals surface area contributed by atoms with Crippen LogP contribution in [-0.4, -0.2) is 28.0 Å². The van der Waals surface area contributed by atoms with Crippen LogP contribution in [0.2, 0.25) is 0 Å². The van der Waals surface area contributed by atoms with Crippen molar-refractivity contribution in [3.63, 3.8) is 0 Å². The number of carbonyl (C=O) groups excluding carboxylic acids is 1. The first-order valence-corrected chi connectivity index (χ1v) is 5.15. The van der Waals surface area contributed by atoms with Gasteiger partial charge in [0.25, 0.3) is 0 Å². The summed E-state index contributed by atoms with van der Waals surface area (Å²) in [6, 6.07) is -0.815. The molecule has 0 saturated carbocycles. The van der Waals surface area contributed by atoms with Gasteiger partial charge >= 0.3 is 5.97 Å². The molecule has 0 aromatic carbocycles. The zero-order valence-corrected chi connectivity index (χ0v) is 8.66. The van der Waals surface area contributed by atoms with Crippen molar-refractivity contribution in [2.24, 2.45) is 5.73 Å². The summed E-state index contributed by atoms with van der Waals surface area (Å²) in [6.07, 6.45) is 1.56. The Morgan fingerprint density at radius 1 is 1.67 bits per heavy atom. The fourth-order valence-corrected chi connectivity index (χ4v) is 1.43. The van der Waals surface area contributed by atoms with Gasteiger partial charge in [0.1, 0.15) is 0 Å². The van der Waals surface area contributed by atoms with E-state index in [0.29, 0.717) is 5.13 Å². The molecule has 1 heterocycles. The number of hydrogen-bond donors (Lipinski definition) is 3. The monoisotopic (exact) mass is 229 g/mol. The lowest BCUT2D eigenvalue weighted by Gasteiger charge is -2.08. The molecular weight excluding hydrogens is 218 g/mol. The molecule has 1 amide bonds. The van der Waals surface area contributed by atoms with Crippen LogP contribution in [0, 0.1) is 0 Å². The van der Waals surface area contributed by atoms with Crippen molar-refractivity contribution in [3.8, 4) is 0 Å². The molecule has 0 spiro atoms. The summed E-state index contributed by atoms with van der Waals surface area (Å²) in [4.78, 5) is 25.5. The van der Waals surface area contributed by atoms with E-state index in [0.717, 1.165) is 0 Å². The second kappa shape index (κ2) is 5.42. The Morgan fingerprint density at radius 3 is 2.93 bits per heavy atom. The van der Waals surface area contributed by atoms with Gasteiger partial charge in [-0.2, -0.15) is 0 Å². The minimum absolute atomic E-state index is 0.118. The van der Waals surface area contributed by atoms with Crippen molar-refractivity contribution in [1.82, 2.24) is 4.98 Å². The maximum atomic E-state index is 11.4. The maximum absolute atomic E-state index is 11.4. The standard InChI is InChI=1S/C8H11N3O3S/c9-5(1-2-6(12)13)7(14)11-8-10-3-4-15-8/h3-5H,1-2,9H2,(H,12,13)(H,10,11,14). The van der Waals surface area contributed by atoms with Gasteiger partial charge in [-0.05, 0) is 6.42 Å². The Morgan fingerprint density at radius 2 is 2.40 bits per heavy atom. The molecule has 0 saturated heterocycles. The number of aliphatic carboxylic acids is 1. The zero-order valence-electron chi connectivity index (χ0n) is 7.84. The molecule has 6 nitrogen and oxygen atoms in total. The van der Waals surface area contributed by atoms with E-state index in [1.807, 2.05) is 0 Å². The molecule has 82 valence electrons. The minimum atomic E-state index is -0.965. The van der Waals surface area contributed by atoms with Crippen molar-refractivity contribution >= 4 is 28.3 Å². The van der Waals surface area contributed by atoms with Gasteiger partial charge in [-0.15, -0.1) is 11.3 Å². The maximum Gasteiger partial charge on any atom is 0.303 e. The van der Waals surface area contributed by atoms with E-state index in [1.54, 1.807) is 11.6 Å². The summed E-state index contributed by atoms with van der Waals surface area (Å²) in [5.41, 5.74) is 5.48. The lowest BCUT2D eigenvalue weighted by molar-refractivity contribution is -0.137. The highest BCUT2D eigenvalue weighted by Crippen LogP contribution is 2.10. The number of rotatable bonds is 5. The Hall–Kier alpha value is -1.47. The van der Waals surface area contributed by atoms with E-state index in [2.05, 4.69) is 10.3 Å². The molecule has 0 aliphatic carbocycles.